The zero-order chi connectivity index (χ0) is 46.8. The number of rotatable bonds is 40. The van der Waals surface area contributed by atoms with Crippen molar-refractivity contribution < 1.29 is 76.9 Å². The monoisotopic (exact) mass is 977 g/mol. The van der Waals surface area contributed by atoms with Crippen molar-refractivity contribution in [2.45, 2.75) is 236 Å². The molecule has 0 aliphatic heterocycles. The fourth-order valence-corrected chi connectivity index (χ4v) is 8.75. The number of hydrogen-bond acceptors (Lipinski definition) is 15. The largest absolute Gasteiger partial charge is 0.756 e. The molecule has 9 atom stereocenters. The fraction of sp³-hybridized carbons (Fsp3) is 0.867. The molecule has 0 aromatic heterocycles. The fourth-order valence-electron chi connectivity index (χ4n) is 7.24. The number of phosphoric ester groups is 2. The van der Waals surface area contributed by atoms with Crippen LogP contribution in [0.15, 0.2) is 24.3 Å². The van der Waals surface area contributed by atoms with Gasteiger partial charge in [-0.25, -0.2) is 0 Å². The van der Waals surface area contributed by atoms with Gasteiger partial charge in [0, 0.05) is 12.8 Å². The molecule has 0 saturated heterocycles. The molecule has 0 amide bonds. The van der Waals surface area contributed by atoms with Crippen LogP contribution in [-0.2, 0) is 41.8 Å². The summed E-state index contributed by atoms with van der Waals surface area (Å²) in [5, 5.41) is 41.0. The lowest BCUT2D eigenvalue weighted by Crippen LogP contribution is -2.64. The van der Waals surface area contributed by atoms with Crippen LogP contribution in [0.5, 0.6) is 0 Å². The number of aliphatic hydroxyl groups excluding tert-OH is 4. The van der Waals surface area contributed by atoms with Crippen LogP contribution in [0, 0.1) is 0 Å². The summed E-state index contributed by atoms with van der Waals surface area (Å²) in [5.41, 5.74) is 0. The smallest absolute Gasteiger partial charge is 0.306 e. The van der Waals surface area contributed by atoms with Gasteiger partial charge in [-0.1, -0.05) is 141 Å². The summed E-state index contributed by atoms with van der Waals surface area (Å²) in [6.07, 6.45) is 22.0. The molecule has 0 aromatic carbocycles. The molecule has 386 valence electrons. The average Bonchev–Trinajstić information content (AvgIpc) is 3.23. The van der Waals surface area contributed by atoms with Gasteiger partial charge >= 0.3 is 11.9 Å². The Balaban J connectivity index is 0. The molecule has 0 heterocycles. The summed E-state index contributed by atoms with van der Waals surface area (Å²) in [6.45, 7) is 2.98. The third-order valence-corrected chi connectivity index (χ3v) is 12.5. The van der Waals surface area contributed by atoms with Crippen molar-refractivity contribution in [1.29, 1.82) is 0 Å². The van der Waals surface area contributed by atoms with Gasteiger partial charge in [0.1, 0.15) is 43.2 Å². The number of allylic oxidation sites excluding steroid dienone is 4. The van der Waals surface area contributed by atoms with Crippen LogP contribution in [0.2, 0.25) is 0 Å². The van der Waals surface area contributed by atoms with E-state index in [0.717, 1.165) is 77.0 Å². The standard InChI is InChI=1S/C45H84O16P2.2H3N/c1-3-5-7-9-11-13-15-17-19-21-23-25-27-29-31-33-38(46)57-35-37(59-39(47)34-32-30-28-26-24-22-20-18-16-14-12-10-8-6-4-2)36-58-63(55,56)61-45-42(50)40(48)41(49)44(43(45)51)60-62(52,53)54;;/h17-20,37,40-45,48-51H,3-16,21-36H2,1-2H3,(H,55,56)(H2,52,53,54);2*1H3/b19-17-,20-18-;;/t37-,40-,41-,42-,43-,44+,45-;;/m1../s1. The predicted molar refractivity (Wildman–Crippen MR) is 249 cm³/mol. The van der Waals surface area contributed by atoms with E-state index in [1.807, 2.05) is 0 Å². The van der Waals surface area contributed by atoms with Crippen molar-refractivity contribution in [2.75, 3.05) is 13.2 Å². The first-order valence-corrected chi connectivity index (χ1v) is 26.8. The van der Waals surface area contributed by atoms with E-state index in [2.05, 4.69) is 42.7 Å². The molecule has 13 N–H and O–H groups in total. The van der Waals surface area contributed by atoms with Crippen molar-refractivity contribution in [1.82, 2.24) is 12.3 Å². The Hall–Kier alpha value is -1.60. The Morgan fingerprint density at radius 3 is 1.31 bits per heavy atom. The van der Waals surface area contributed by atoms with Crippen molar-refractivity contribution in [3.8, 4) is 0 Å². The number of esters is 2. The van der Waals surface area contributed by atoms with E-state index < -0.39 is 83.5 Å². The van der Waals surface area contributed by atoms with Crippen molar-refractivity contribution in [3.63, 3.8) is 0 Å². The first-order chi connectivity index (χ1) is 30.1. The molecule has 0 bridgehead atoms. The molecular weight excluding hydrogens is 886 g/mol. The van der Waals surface area contributed by atoms with E-state index in [1.54, 1.807) is 0 Å². The molecule has 20 heteroatoms. The van der Waals surface area contributed by atoms with Crippen molar-refractivity contribution in [2.24, 2.45) is 0 Å². The van der Waals surface area contributed by atoms with E-state index in [9.17, 15) is 48.9 Å². The zero-order valence-corrected chi connectivity index (χ0v) is 42.0. The highest BCUT2D eigenvalue weighted by Gasteiger charge is 2.52. The topological polar surface area (TPSA) is 335 Å². The Morgan fingerprint density at radius 1 is 0.523 bits per heavy atom. The van der Waals surface area contributed by atoms with E-state index in [4.69, 9.17) is 23.4 Å². The highest BCUT2D eigenvalue weighted by molar-refractivity contribution is 7.46. The maximum atomic E-state index is 12.8. The lowest BCUT2D eigenvalue weighted by atomic mass is 9.85. The molecule has 1 saturated carbocycles. The molecule has 0 radical (unpaired) electrons. The van der Waals surface area contributed by atoms with Crippen LogP contribution in [0.3, 0.4) is 0 Å². The molecule has 1 aliphatic carbocycles. The molecule has 65 heavy (non-hydrogen) atoms. The summed E-state index contributed by atoms with van der Waals surface area (Å²) in [5.74, 6) is -1.27. The van der Waals surface area contributed by atoms with Crippen LogP contribution in [-0.4, -0.2) is 93.2 Å². The second-order valence-electron chi connectivity index (χ2n) is 16.8. The first kappa shape index (κ1) is 65.5. The minimum absolute atomic E-state index is 0. The Kier molecular flexibility index (Phi) is 40.6. The first-order valence-electron chi connectivity index (χ1n) is 23.8. The van der Waals surface area contributed by atoms with Crippen molar-refractivity contribution in [3.05, 3.63) is 24.3 Å². The highest BCUT2D eigenvalue weighted by atomic mass is 31.2. The summed E-state index contributed by atoms with van der Waals surface area (Å²) in [4.78, 5) is 58.5. The predicted octanol–water partition coefficient (Wildman–Crippen LogP) is 8.44. The number of phosphoric acid groups is 2. The number of carbonyl (C=O) groups is 2. The lowest BCUT2D eigenvalue weighted by molar-refractivity contribution is -0.271. The van der Waals surface area contributed by atoms with E-state index in [1.165, 1.54) is 77.0 Å². The van der Waals surface area contributed by atoms with Gasteiger partial charge in [0.05, 0.1) is 6.61 Å². The molecular formula is C45H90N2O16P2. The Morgan fingerprint density at radius 2 is 0.892 bits per heavy atom. The van der Waals surface area contributed by atoms with Gasteiger partial charge in [-0.3, -0.25) is 18.7 Å². The summed E-state index contributed by atoms with van der Waals surface area (Å²) in [7, 11) is -11.2. The zero-order valence-electron chi connectivity index (χ0n) is 40.2. The van der Waals surface area contributed by atoms with E-state index >= 15 is 0 Å². The third kappa shape index (κ3) is 34.4. The molecule has 18 nitrogen and oxygen atoms in total. The molecule has 2 unspecified atom stereocenters. The minimum atomic E-state index is -5.63. The van der Waals surface area contributed by atoms with Gasteiger partial charge in [-0.15, -0.1) is 0 Å². The maximum Gasteiger partial charge on any atom is 0.306 e. The summed E-state index contributed by atoms with van der Waals surface area (Å²) in [6, 6.07) is 0. The van der Waals surface area contributed by atoms with Gasteiger partial charge in [-0.2, -0.15) is 0 Å². The molecule has 1 rings (SSSR count). The molecule has 0 aromatic rings. The molecule has 1 aliphatic rings. The quantitative estimate of drug-likeness (QED) is 0.0131. The summed E-state index contributed by atoms with van der Waals surface area (Å²) >= 11 is 0. The van der Waals surface area contributed by atoms with Gasteiger partial charge in [-0.05, 0) is 64.2 Å². The number of ether oxygens (including phenoxy) is 2. The Bertz CT molecular complexity index is 1340. The number of aliphatic hydroxyl groups is 4. The third-order valence-electron chi connectivity index (χ3n) is 11.0. The second kappa shape index (κ2) is 40.3. The number of quaternary nitrogens is 2. The van der Waals surface area contributed by atoms with Gasteiger partial charge in [0.2, 0.25) is 0 Å². The normalized spacial score (nSPS) is 22.2. The van der Waals surface area contributed by atoms with E-state index in [-0.39, 0.29) is 25.1 Å². The van der Waals surface area contributed by atoms with Crippen LogP contribution >= 0.6 is 15.6 Å². The molecule has 0 spiro atoms. The Labute approximate surface area is 389 Å². The number of unbranched alkanes of at least 4 members (excludes halogenated alkanes) is 22. The molecule has 1 fully saturated rings. The van der Waals surface area contributed by atoms with Crippen molar-refractivity contribution >= 4 is 27.6 Å². The second-order valence-corrected chi connectivity index (χ2v) is 19.3. The highest BCUT2D eigenvalue weighted by Crippen LogP contribution is 2.45. The lowest BCUT2D eigenvalue weighted by Gasteiger charge is -2.45. The number of carbonyl (C=O) groups excluding carboxylic acids is 2. The minimum Gasteiger partial charge on any atom is -0.756 e. The van der Waals surface area contributed by atoms with Gasteiger partial charge in [0.25, 0.3) is 15.6 Å². The average molecular weight is 977 g/mol. The number of hydrogen-bond donors (Lipinski definition) is 7. The van der Waals surface area contributed by atoms with Crippen LogP contribution < -0.4 is 22.1 Å². The van der Waals surface area contributed by atoms with Crippen LogP contribution in [0.1, 0.15) is 194 Å². The SMILES string of the molecule is CCCCCCCC/C=C\CCCCCCCC(=O)OC[C@H](COP(=O)([O-])O[C@H]1[C@H](O)[C@@H](OP(=O)([O-])O)[C@H](O)[C@@H](O)[C@H]1O)OC(=O)CCCCCCC/C=C\CCCCCCCC.[NH4+].[NH4+]. The van der Waals surface area contributed by atoms with E-state index in [0.29, 0.717) is 12.8 Å². The van der Waals surface area contributed by atoms with Gasteiger partial charge in [0.15, 0.2) is 6.10 Å². The van der Waals surface area contributed by atoms with Gasteiger partial charge < -0.3 is 70.5 Å². The maximum absolute atomic E-state index is 12.8. The van der Waals surface area contributed by atoms with Crippen LogP contribution in [0.25, 0.3) is 0 Å². The summed E-state index contributed by atoms with van der Waals surface area (Å²) < 4.78 is 48.7. The van der Waals surface area contributed by atoms with Crippen LogP contribution in [0.4, 0.5) is 0 Å².